The van der Waals surface area contributed by atoms with E-state index in [1.165, 1.54) is 37.9 Å². The summed E-state index contributed by atoms with van der Waals surface area (Å²) in [5.41, 5.74) is 7.54. The van der Waals surface area contributed by atoms with Crippen LogP contribution in [0.5, 0.6) is 0 Å². The monoisotopic (exact) mass is 324 g/mol. The molecular formula is C16H25BrN2. The van der Waals surface area contributed by atoms with E-state index in [4.69, 9.17) is 5.73 Å². The fourth-order valence-corrected chi connectivity index (χ4v) is 3.45. The highest BCUT2D eigenvalue weighted by atomic mass is 79.9. The molecule has 1 aromatic rings. The van der Waals surface area contributed by atoms with Gasteiger partial charge in [0.15, 0.2) is 0 Å². The number of hydrogen-bond acceptors (Lipinski definition) is 2. The van der Waals surface area contributed by atoms with Gasteiger partial charge in [-0.25, -0.2) is 0 Å². The molecule has 1 atom stereocenters. The lowest BCUT2D eigenvalue weighted by atomic mass is 9.94. The molecule has 106 valence electrons. The van der Waals surface area contributed by atoms with Gasteiger partial charge in [0.05, 0.1) is 0 Å². The lowest BCUT2D eigenvalue weighted by Crippen LogP contribution is -2.35. The van der Waals surface area contributed by atoms with Crippen LogP contribution in [-0.4, -0.2) is 24.5 Å². The molecule has 0 saturated carbocycles. The van der Waals surface area contributed by atoms with E-state index < -0.39 is 0 Å². The van der Waals surface area contributed by atoms with Crippen molar-refractivity contribution in [3.05, 3.63) is 34.3 Å². The second kappa shape index (κ2) is 7.41. The fraction of sp³-hybridized carbons (Fsp3) is 0.625. The summed E-state index contributed by atoms with van der Waals surface area (Å²) in [5.74, 6) is 0.952. The number of rotatable bonds is 5. The van der Waals surface area contributed by atoms with E-state index in [1.807, 2.05) is 6.07 Å². The average molecular weight is 325 g/mol. The van der Waals surface area contributed by atoms with Crippen molar-refractivity contribution in [2.24, 2.45) is 11.7 Å². The van der Waals surface area contributed by atoms with Crippen LogP contribution >= 0.6 is 15.9 Å². The van der Waals surface area contributed by atoms with Crippen molar-refractivity contribution < 1.29 is 0 Å². The van der Waals surface area contributed by atoms with Gasteiger partial charge in [-0.1, -0.05) is 47.5 Å². The van der Waals surface area contributed by atoms with E-state index in [-0.39, 0.29) is 6.04 Å². The second-order valence-corrected chi connectivity index (χ2v) is 6.46. The van der Waals surface area contributed by atoms with Crippen LogP contribution in [0.15, 0.2) is 28.7 Å². The lowest BCUT2D eigenvalue weighted by molar-refractivity contribution is 0.177. The predicted octanol–water partition coefficient (Wildman–Crippen LogP) is 3.96. The SMILES string of the molecule is CCC1CCN(CCC(N)c2ccccc2Br)CC1. The van der Waals surface area contributed by atoms with E-state index in [0.29, 0.717) is 0 Å². The molecule has 1 saturated heterocycles. The van der Waals surface area contributed by atoms with Crippen molar-refractivity contribution >= 4 is 15.9 Å². The minimum atomic E-state index is 0.138. The highest BCUT2D eigenvalue weighted by Gasteiger charge is 2.18. The molecule has 0 aromatic heterocycles. The van der Waals surface area contributed by atoms with Gasteiger partial charge in [-0.3, -0.25) is 0 Å². The third-order valence-corrected chi connectivity index (χ3v) is 5.07. The molecule has 0 radical (unpaired) electrons. The zero-order valence-electron chi connectivity index (χ0n) is 11.8. The fourth-order valence-electron chi connectivity index (χ4n) is 2.87. The maximum absolute atomic E-state index is 6.31. The summed E-state index contributed by atoms with van der Waals surface area (Å²) in [5, 5.41) is 0. The summed E-state index contributed by atoms with van der Waals surface area (Å²) < 4.78 is 1.13. The molecule has 0 spiro atoms. The zero-order valence-corrected chi connectivity index (χ0v) is 13.4. The first-order chi connectivity index (χ1) is 9.20. The van der Waals surface area contributed by atoms with Crippen molar-refractivity contribution in [3.63, 3.8) is 0 Å². The smallest absolute Gasteiger partial charge is 0.0318 e. The van der Waals surface area contributed by atoms with Crippen LogP contribution in [0.3, 0.4) is 0 Å². The van der Waals surface area contributed by atoms with Crippen molar-refractivity contribution in [3.8, 4) is 0 Å². The van der Waals surface area contributed by atoms with E-state index >= 15 is 0 Å². The van der Waals surface area contributed by atoms with Gasteiger partial charge < -0.3 is 10.6 Å². The van der Waals surface area contributed by atoms with Gasteiger partial charge in [-0.15, -0.1) is 0 Å². The normalized spacial score (nSPS) is 19.5. The van der Waals surface area contributed by atoms with E-state index in [1.54, 1.807) is 0 Å². The molecule has 3 heteroatoms. The minimum absolute atomic E-state index is 0.138. The van der Waals surface area contributed by atoms with E-state index in [0.717, 1.165) is 23.4 Å². The summed E-state index contributed by atoms with van der Waals surface area (Å²) in [4.78, 5) is 2.57. The first-order valence-corrected chi connectivity index (χ1v) is 8.22. The Morgan fingerprint density at radius 3 is 2.63 bits per heavy atom. The first kappa shape index (κ1) is 15.0. The summed E-state index contributed by atoms with van der Waals surface area (Å²) in [7, 11) is 0. The topological polar surface area (TPSA) is 29.3 Å². The van der Waals surface area contributed by atoms with Crippen LogP contribution < -0.4 is 5.73 Å². The Labute approximate surface area is 125 Å². The van der Waals surface area contributed by atoms with Crippen LogP contribution in [-0.2, 0) is 0 Å². The van der Waals surface area contributed by atoms with Crippen molar-refractivity contribution in [2.75, 3.05) is 19.6 Å². The molecule has 1 aliphatic rings. The van der Waals surface area contributed by atoms with Crippen molar-refractivity contribution in [2.45, 2.75) is 38.6 Å². The number of nitrogens with two attached hydrogens (primary N) is 1. The van der Waals surface area contributed by atoms with Gasteiger partial charge in [-0.05, 0) is 56.4 Å². The summed E-state index contributed by atoms with van der Waals surface area (Å²) in [6, 6.07) is 8.43. The number of nitrogens with zero attached hydrogens (tertiary/aromatic N) is 1. The molecular weight excluding hydrogens is 300 g/mol. The van der Waals surface area contributed by atoms with Gasteiger partial charge in [0.2, 0.25) is 0 Å². The molecule has 1 unspecified atom stereocenters. The highest BCUT2D eigenvalue weighted by molar-refractivity contribution is 9.10. The molecule has 2 nitrogen and oxygen atoms in total. The third kappa shape index (κ3) is 4.30. The van der Waals surface area contributed by atoms with Crippen LogP contribution in [0.4, 0.5) is 0 Å². The molecule has 1 aliphatic heterocycles. The summed E-state index contributed by atoms with van der Waals surface area (Å²) in [6.45, 7) is 5.93. The minimum Gasteiger partial charge on any atom is -0.324 e. The average Bonchev–Trinajstić information content (AvgIpc) is 2.46. The van der Waals surface area contributed by atoms with Crippen LogP contribution in [0.1, 0.15) is 44.2 Å². The number of likely N-dealkylation sites (tertiary alicyclic amines) is 1. The maximum Gasteiger partial charge on any atom is 0.0318 e. The van der Waals surface area contributed by atoms with Crippen molar-refractivity contribution in [1.29, 1.82) is 0 Å². The number of halogens is 1. The Morgan fingerprint density at radius 1 is 1.32 bits per heavy atom. The van der Waals surface area contributed by atoms with Gasteiger partial charge in [0, 0.05) is 10.5 Å². The van der Waals surface area contributed by atoms with Crippen LogP contribution in [0, 0.1) is 5.92 Å². The van der Waals surface area contributed by atoms with Gasteiger partial charge in [0.25, 0.3) is 0 Å². The van der Waals surface area contributed by atoms with E-state index in [9.17, 15) is 0 Å². The molecule has 19 heavy (non-hydrogen) atoms. The Kier molecular flexibility index (Phi) is 5.86. The third-order valence-electron chi connectivity index (χ3n) is 4.35. The second-order valence-electron chi connectivity index (χ2n) is 5.61. The standard InChI is InChI=1S/C16H25BrN2/c1-2-13-7-10-19(11-8-13)12-9-16(18)14-5-3-4-6-15(14)17/h3-6,13,16H,2,7-12,18H2,1H3. The lowest BCUT2D eigenvalue weighted by Gasteiger charge is -2.32. The molecule has 1 heterocycles. The number of benzene rings is 1. The number of piperidine rings is 1. The molecule has 2 rings (SSSR count). The predicted molar refractivity (Wildman–Crippen MR) is 85.1 cm³/mol. The Balaban J connectivity index is 1.78. The molecule has 0 aliphatic carbocycles. The van der Waals surface area contributed by atoms with Crippen molar-refractivity contribution in [1.82, 2.24) is 4.90 Å². The quantitative estimate of drug-likeness (QED) is 0.888. The molecule has 0 bridgehead atoms. The number of hydrogen-bond donors (Lipinski definition) is 1. The Hall–Kier alpha value is -0.380. The Morgan fingerprint density at radius 2 is 2.00 bits per heavy atom. The molecule has 1 aromatic carbocycles. The van der Waals surface area contributed by atoms with Gasteiger partial charge >= 0.3 is 0 Å². The summed E-state index contributed by atoms with van der Waals surface area (Å²) in [6.07, 6.45) is 5.10. The summed E-state index contributed by atoms with van der Waals surface area (Å²) >= 11 is 3.59. The molecule has 2 N–H and O–H groups in total. The van der Waals surface area contributed by atoms with Gasteiger partial charge in [-0.2, -0.15) is 0 Å². The van der Waals surface area contributed by atoms with E-state index in [2.05, 4.69) is 46.0 Å². The highest BCUT2D eigenvalue weighted by Crippen LogP contribution is 2.25. The first-order valence-electron chi connectivity index (χ1n) is 7.43. The van der Waals surface area contributed by atoms with Gasteiger partial charge in [0.1, 0.15) is 0 Å². The largest absolute Gasteiger partial charge is 0.324 e. The zero-order chi connectivity index (χ0) is 13.7. The maximum atomic E-state index is 6.31. The molecule has 0 amide bonds. The van der Waals surface area contributed by atoms with Crippen LogP contribution in [0.2, 0.25) is 0 Å². The Bertz CT molecular complexity index is 386. The van der Waals surface area contributed by atoms with Crippen LogP contribution in [0.25, 0.3) is 0 Å². The molecule has 1 fully saturated rings.